The Hall–Kier alpha value is -1.35. The molecule has 88 valence electrons. The van der Waals surface area contributed by atoms with Gasteiger partial charge >= 0.3 is 0 Å². The summed E-state index contributed by atoms with van der Waals surface area (Å²) in [5, 5.41) is 0. The molecule has 0 radical (unpaired) electrons. The Labute approximate surface area is 104 Å². The molecule has 0 fully saturated rings. The van der Waals surface area contributed by atoms with Crippen molar-refractivity contribution >= 4 is 11.8 Å². The summed E-state index contributed by atoms with van der Waals surface area (Å²) in [6, 6.07) is 9.94. The summed E-state index contributed by atoms with van der Waals surface area (Å²) in [6.45, 7) is 3.46. The van der Waals surface area contributed by atoms with Gasteiger partial charge in [-0.25, -0.2) is 8.78 Å². The fourth-order valence-electron chi connectivity index (χ4n) is 1.50. The zero-order chi connectivity index (χ0) is 12.4. The summed E-state index contributed by atoms with van der Waals surface area (Å²) >= 11 is 1.50. The lowest BCUT2D eigenvalue weighted by Gasteiger charge is -2.05. The van der Waals surface area contributed by atoms with Crippen LogP contribution in [-0.2, 0) is 0 Å². The molecule has 0 amide bonds. The van der Waals surface area contributed by atoms with Crippen molar-refractivity contribution in [1.29, 1.82) is 0 Å². The minimum atomic E-state index is -0.204. The van der Waals surface area contributed by atoms with Crippen molar-refractivity contribution in [2.24, 2.45) is 0 Å². The topological polar surface area (TPSA) is 0 Å². The van der Waals surface area contributed by atoms with Gasteiger partial charge in [0.15, 0.2) is 0 Å². The highest BCUT2D eigenvalue weighted by molar-refractivity contribution is 7.99. The molecular formula is C14H12F2S. The molecule has 3 heteroatoms. The second-order valence-electron chi connectivity index (χ2n) is 3.92. The van der Waals surface area contributed by atoms with Gasteiger partial charge in [-0.15, -0.1) is 0 Å². The quantitative estimate of drug-likeness (QED) is 0.742. The Morgan fingerprint density at radius 2 is 1.18 bits per heavy atom. The lowest BCUT2D eigenvalue weighted by molar-refractivity contribution is 0.617. The van der Waals surface area contributed by atoms with Gasteiger partial charge in [0.1, 0.15) is 11.6 Å². The molecule has 2 aromatic rings. The van der Waals surface area contributed by atoms with Crippen molar-refractivity contribution in [3.05, 3.63) is 59.2 Å². The van der Waals surface area contributed by atoms with Gasteiger partial charge in [0.05, 0.1) is 0 Å². The molecule has 2 aromatic carbocycles. The summed E-state index contributed by atoms with van der Waals surface area (Å²) in [4.78, 5) is 1.91. The van der Waals surface area contributed by atoms with Crippen molar-refractivity contribution < 1.29 is 8.78 Å². The van der Waals surface area contributed by atoms with Gasteiger partial charge in [-0.05, 0) is 61.4 Å². The van der Waals surface area contributed by atoms with Crippen molar-refractivity contribution in [1.82, 2.24) is 0 Å². The molecule has 0 atom stereocenters. The van der Waals surface area contributed by atoms with E-state index in [2.05, 4.69) is 0 Å². The van der Waals surface area contributed by atoms with Gasteiger partial charge in [-0.1, -0.05) is 11.8 Å². The SMILES string of the molecule is Cc1cc(Sc2ccc(F)c(C)c2)ccc1F. The molecule has 0 aliphatic rings. The summed E-state index contributed by atoms with van der Waals surface area (Å²) in [6.07, 6.45) is 0. The molecule has 0 heterocycles. The maximum Gasteiger partial charge on any atom is 0.126 e. The molecule has 0 aromatic heterocycles. The Balaban J connectivity index is 2.25. The van der Waals surface area contributed by atoms with E-state index in [9.17, 15) is 8.78 Å². The predicted molar refractivity (Wildman–Crippen MR) is 66.4 cm³/mol. The van der Waals surface area contributed by atoms with Crippen LogP contribution in [0.5, 0.6) is 0 Å². The highest BCUT2D eigenvalue weighted by Crippen LogP contribution is 2.29. The van der Waals surface area contributed by atoms with Gasteiger partial charge < -0.3 is 0 Å². The van der Waals surface area contributed by atoms with Crippen LogP contribution in [0.15, 0.2) is 46.2 Å². The number of aryl methyl sites for hydroxylation is 2. The summed E-state index contributed by atoms with van der Waals surface area (Å²) in [5.74, 6) is -0.408. The molecule has 0 saturated heterocycles. The van der Waals surface area contributed by atoms with E-state index in [1.807, 2.05) is 0 Å². The molecule has 2 rings (SSSR count). The zero-order valence-electron chi connectivity index (χ0n) is 9.63. The maximum atomic E-state index is 13.1. The maximum absolute atomic E-state index is 13.1. The van der Waals surface area contributed by atoms with E-state index in [4.69, 9.17) is 0 Å². The number of benzene rings is 2. The van der Waals surface area contributed by atoms with E-state index >= 15 is 0 Å². The largest absolute Gasteiger partial charge is 0.207 e. The predicted octanol–water partition coefficient (Wildman–Crippen LogP) is 4.73. The van der Waals surface area contributed by atoms with Crippen molar-refractivity contribution in [2.45, 2.75) is 23.6 Å². The first-order chi connectivity index (χ1) is 8.06. The Morgan fingerprint density at radius 1 is 0.765 bits per heavy atom. The second kappa shape index (κ2) is 4.88. The van der Waals surface area contributed by atoms with Gasteiger partial charge in [0, 0.05) is 9.79 Å². The van der Waals surface area contributed by atoms with Crippen LogP contribution in [0.1, 0.15) is 11.1 Å². The summed E-state index contributed by atoms with van der Waals surface area (Å²) < 4.78 is 26.2. The number of halogens is 2. The lowest BCUT2D eigenvalue weighted by atomic mass is 10.2. The molecule has 0 nitrogen and oxygen atoms in total. The molecule has 0 unspecified atom stereocenters. The van der Waals surface area contributed by atoms with E-state index < -0.39 is 0 Å². The first-order valence-corrected chi connectivity index (χ1v) is 6.08. The van der Waals surface area contributed by atoms with Crippen molar-refractivity contribution in [2.75, 3.05) is 0 Å². The summed E-state index contributed by atoms with van der Waals surface area (Å²) in [7, 11) is 0. The molecule has 17 heavy (non-hydrogen) atoms. The first kappa shape index (κ1) is 12.1. The Kier molecular flexibility index (Phi) is 3.48. The first-order valence-electron chi connectivity index (χ1n) is 5.26. The van der Waals surface area contributed by atoms with Crippen LogP contribution in [0.2, 0.25) is 0 Å². The lowest BCUT2D eigenvalue weighted by Crippen LogP contribution is -1.84. The van der Waals surface area contributed by atoms with E-state index in [0.717, 1.165) is 9.79 Å². The zero-order valence-corrected chi connectivity index (χ0v) is 10.4. The van der Waals surface area contributed by atoms with E-state index in [0.29, 0.717) is 11.1 Å². The monoisotopic (exact) mass is 250 g/mol. The van der Waals surface area contributed by atoms with Gasteiger partial charge in [0.25, 0.3) is 0 Å². The summed E-state index contributed by atoms with van der Waals surface area (Å²) in [5.41, 5.74) is 1.24. The average Bonchev–Trinajstić information content (AvgIpc) is 2.29. The van der Waals surface area contributed by atoms with Gasteiger partial charge in [0.2, 0.25) is 0 Å². The fourth-order valence-corrected chi connectivity index (χ4v) is 2.51. The number of hydrogen-bond donors (Lipinski definition) is 0. The Bertz CT molecular complexity index is 500. The average molecular weight is 250 g/mol. The molecule has 0 spiro atoms. The molecule has 0 aliphatic heterocycles. The third-order valence-electron chi connectivity index (χ3n) is 2.49. The van der Waals surface area contributed by atoms with Crippen LogP contribution in [0.3, 0.4) is 0 Å². The van der Waals surface area contributed by atoms with Gasteiger partial charge in [-0.3, -0.25) is 0 Å². The highest BCUT2D eigenvalue weighted by atomic mass is 32.2. The molecule has 0 saturated carbocycles. The van der Waals surface area contributed by atoms with Crippen LogP contribution >= 0.6 is 11.8 Å². The molecule has 0 aliphatic carbocycles. The highest BCUT2D eigenvalue weighted by Gasteiger charge is 2.03. The third kappa shape index (κ3) is 2.86. The van der Waals surface area contributed by atoms with E-state index in [1.54, 1.807) is 38.1 Å². The van der Waals surface area contributed by atoms with Crippen molar-refractivity contribution in [3.8, 4) is 0 Å². The minimum Gasteiger partial charge on any atom is -0.207 e. The fraction of sp³-hybridized carbons (Fsp3) is 0.143. The standard InChI is InChI=1S/C14H12F2S/c1-9-7-11(3-5-13(9)15)17-12-4-6-14(16)10(2)8-12/h3-8H,1-2H3. The van der Waals surface area contributed by atoms with E-state index in [-0.39, 0.29) is 11.6 Å². The second-order valence-corrected chi connectivity index (χ2v) is 5.07. The third-order valence-corrected chi connectivity index (χ3v) is 3.47. The smallest absolute Gasteiger partial charge is 0.126 e. The van der Waals surface area contributed by atoms with Crippen LogP contribution in [0.4, 0.5) is 8.78 Å². The van der Waals surface area contributed by atoms with Crippen LogP contribution in [-0.4, -0.2) is 0 Å². The van der Waals surface area contributed by atoms with Crippen LogP contribution < -0.4 is 0 Å². The molecule has 0 bridgehead atoms. The van der Waals surface area contributed by atoms with E-state index in [1.165, 1.54) is 23.9 Å². The molecule has 0 N–H and O–H groups in total. The Morgan fingerprint density at radius 3 is 1.53 bits per heavy atom. The van der Waals surface area contributed by atoms with Crippen LogP contribution in [0.25, 0.3) is 0 Å². The number of hydrogen-bond acceptors (Lipinski definition) is 1. The normalized spacial score (nSPS) is 10.6. The van der Waals surface area contributed by atoms with Crippen LogP contribution in [0, 0.1) is 25.5 Å². The van der Waals surface area contributed by atoms with Crippen molar-refractivity contribution in [3.63, 3.8) is 0 Å². The number of rotatable bonds is 2. The minimum absolute atomic E-state index is 0.204. The molecular weight excluding hydrogens is 238 g/mol. The van der Waals surface area contributed by atoms with Gasteiger partial charge in [-0.2, -0.15) is 0 Å².